The number of rotatable bonds is 13. The summed E-state index contributed by atoms with van der Waals surface area (Å²) >= 11 is 0. The summed E-state index contributed by atoms with van der Waals surface area (Å²) in [5.74, 6) is -0.263. The first-order valence-electron chi connectivity index (χ1n) is 12.9. The lowest BCUT2D eigenvalue weighted by Gasteiger charge is -2.39. The van der Waals surface area contributed by atoms with Crippen molar-refractivity contribution in [2.75, 3.05) is 41.7 Å². The first kappa shape index (κ1) is 31.5. The maximum absolute atomic E-state index is 10.5. The Hall–Kier alpha value is -3.00. The summed E-state index contributed by atoms with van der Waals surface area (Å²) in [7, 11) is 5.69. The third-order valence-electron chi connectivity index (χ3n) is 7.26. The number of hydrogen-bond donors (Lipinski definition) is 6. The average Bonchev–Trinajstić information content (AvgIpc) is 2.96. The van der Waals surface area contributed by atoms with Gasteiger partial charge in [0.2, 0.25) is 11.5 Å². The molecule has 224 valence electrons. The highest BCUT2D eigenvalue weighted by atomic mass is 16.7. The van der Waals surface area contributed by atoms with Crippen LogP contribution < -0.4 is 18.9 Å². The van der Waals surface area contributed by atoms with Gasteiger partial charge in [0.25, 0.3) is 0 Å². The Kier molecular flexibility index (Phi) is 11.1. The average molecular weight is 569 g/mol. The molecule has 3 rings (SSSR count). The summed E-state index contributed by atoms with van der Waals surface area (Å²) in [5.41, 5.74) is 1.44. The Morgan fingerprint density at radius 2 is 1.12 bits per heavy atom. The largest absolute Gasteiger partial charge is 0.502 e. The molecule has 40 heavy (non-hydrogen) atoms. The van der Waals surface area contributed by atoms with Gasteiger partial charge in [0, 0.05) is 6.61 Å². The minimum Gasteiger partial charge on any atom is -0.502 e. The second-order valence-corrected chi connectivity index (χ2v) is 9.82. The third-order valence-corrected chi connectivity index (χ3v) is 7.26. The second kappa shape index (κ2) is 14.1. The van der Waals surface area contributed by atoms with Crippen molar-refractivity contribution in [1.29, 1.82) is 0 Å². The van der Waals surface area contributed by atoms with E-state index in [9.17, 15) is 30.6 Å². The fourth-order valence-corrected chi connectivity index (χ4v) is 4.85. The molecule has 12 nitrogen and oxygen atoms in total. The summed E-state index contributed by atoms with van der Waals surface area (Å²) < 4.78 is 32.7. The van der Waals surface area contributed by atoms with Crippen LogP contribution >= 0.6 is 0 Å². The van der Waals surface area contributed by atoms with Crippen LogP contribution in [-0.4, -0.2) is 103 Å². The van der Waals surface area contributed by atoms with E-state index < -0.39 is 42.5 Å². The van der Waals surface area contributed by atoms with Crippen molar-refractivity contribution in [1.82, 2.24) is 0 Å². The molecule has 2 aromatic rings. The van der Waals surface area contributed by atoms with Gasteiger partial charge in [-0.05, 0) is 67.0 Å². The van der Waals surface area contributed by atoms with Gasteiger partial charge in [0.15, 0.2) is 29.3 Å². The van der Waals surface area contributed by atoms with Gasteiger partial charge < -0.3 is 59.1 Å². The van der Waals surface area contributed by atoms with E-state index in [2.05, 4.69) is 0 Å². The fraction of sp³-hybridized carbons (Fsp3) is 0.571. The van der Waals surface area contributed by atoms with Gasteiger partial charge >= 0.3 is 0 Å². The highest BCUT2D eigenvalue weighted by molar-refractivity contribution is 5.53. The number of aromatic hydroxyl groups is 2. The van der Waals surface area contributed by atoms with E-state index in [4.69, 9.17) is 28.4 Å². The Morgan fingerprint density at radius 3 is 1.52 bits per heavy atom. The zero-order valence-corrected chi connectivity index (χ0v) is 23.3. The van der Waals surface area contributed by atoms with Gasteiger partial charge in [-0.1, -0.05) is 0 Å². The first-order chi connectivity index (χ1) is 19.1. The Bertz CT molecular complexity index is 1060. The molecule has 0 spiro atoms. The number of methoxy groups -OCH3 is 4. The molecule has 1 fully saturated rings. The molecule has 1 heterocycles. The molecule has 6 N–H and O–H groups in total. The molecule has 12 heteroatoms. The van der Waals surface area contributed by atoms with Crippen LogP contribution in [0.25, 0.3) is 0 Å². The first-order valence-corrected chi connectivity index (χ1v) is 12.9. The van der Waals surface area contributed by atoms with Gasteiger partial charge in [-0.2, -0.15) is 0 Å². The van der Waals surface area contributed by atoms with Crippen molar-refractivity contribution in [3.8, 4) is 34.5 Å². The maximum Gasteiger partial charge on any atom is 0.200 e. The molecule has 2 aromatic carbocycles. The van der Waals surface area contributed by atoms with Crippen LogP contribution in [0.5, 0.6) is 34.5 Å². The molecule has 0 aromatic heterocycles. The van der Waals surface area contributed by atoms with Crippen LogP contribution in [0.3, 0.4) is 0 Å². The zero-order chi connectivity index (χ0) is 29.6. The van der Waals surface area contributed by atoms with E-state index in [1.54, 1.807) is 31.2 Å². The topological polar surface area (TPSA) is 177 Å². The predicted octanol–water partition coefficient (Wildman–Crippen LogP) is 0.986. The van der Waals surface area contributed by atoms with Gasteiger partial charge in [0.1, 0.15) is 18.3 Å². The van der Waals surface area contributed by atoms with Crippen LogP contribution in [0.1, 0.15) is 18.1 Å². The molecule has 0 saturated carbocycles. The summed E-state index contributed by atoms with van der Waals surface area (Å²) in [6.45, 7) is 1.29. The molecular weight excluding hydrogens is 528 g/mol. The molecule has 0 aliphatic carbocycles. The maximum atomic E-state index is 10.5. The van der Waals surface area contributed by atoms with Gasteiger partial charge in [-0.25, -0.2) is 0 Å². The van der Waals surface area contributed by atoms with E-state index in [1.807, 2.05) is 0 Å². The monoisotopic (exact) mass is 568 g/mol. The van der Waals surface area contributed by atoms with Crippen molar-refractivity contribution in [3.63, 3.8) is 0 Å². The standard InChI is InChI=1S/C28H40O12/c1-14-23(30)26(33)27(34)28(40-14)39-13-18(7-16-10-21(37-4)25(32)22(11-16)38-5)17(12-29)6-15-8-19(35-2)24(31)20(9-15)36-3/h8-11,14,17-18,23,26-34H,6-7,12-13H2,1-5H3/t14-,17+,18+,23-,26+,27+,28+/m0/s1. The molecule has 1 aliphatic rings. The number of phenols is 2. The van der Waals surface area contributed by atoms with Gasteiger partial charge in [-0.3, -0.25) is 0 Å². The Labute approximate surface area is 233 Å². The van der Waals surface area contributed by atoms with Crippen LogP contribution in [0.15, 0.2) is 24.3 Å². The number of phenolic OH excluding ortho intramolecular Hbond substituents is 2. The molecule has 0 unspecified atom stereocenters. The minimum absolute atomic E-state index is 0.0135. The summed E-state index contributed by atoms with van der Waals surface area (Å²) in [6, 6.07) is 6.61. The van der Waals surface area contributed by atoms with Crippen molar-refractivity contribution >= 4 is 0 Å². The summed E-state index contributed by atoms with van der Waals surface area (Å²) in [6.07, 6.45) is -5.55. The highest BCUT2D eigenvalue weighted by Gasteiger charge is 2.42. The fourth-order valence-electron chi connectivity index (χ4n) is 4.85. The molecule has 1 aliphatic heterocycles. The Balaban J connectivity index is 1.93. The zero-order valence-electron chi connectivity index (χ0n) is 23.3. The third kappa shape index (κ3) is 7.00. The van der Waals surface area contributed by atoms with E-state index in [0.717, 1.165) is 5.56 Å². The van der Waals surface area contributed by atoms with Crippen molar-refractivity contribution in [2.45, 2.75) is 50.5 Å². The van der Waals surface area contributed by atoms with E-state index >= 15 is 0 Å². The Morgan fingerprint density at radius 1 is 0.700 bits per heavy atom. The predicted molar refractivity (Wildman–Crippen MR) is 142 cm³/mol. The molecular formula is C28H40O12. The normalized spacial score (nSPS) is 24.3. The quantitative estimate of drug-likeness (QED) is 0.202. The second-order valence-electron chi connectivity index (χ2n) is 9.82. The van der Waals surface area contributed by atoms with Crippen molar-refractivity contribution in [2.24, 2.45) is 11.8 Å². The van der Waals surface area contributed by atoms with E-state index in [0.29, 0.717) is 18.4 Å². The van der Waals surface area contributed by atoms with Crippen LogP contribution in [-0.2, 0) is 22.3 Å². The summed E-state index contributed by atoms with van der Waals surface area (Å²) in [5, 5.41) is 61.8. The van der Waals surface area contributed by atoms with Gasteiger partial charge in [0.05, 0.1) is 41.2 Å². The van der Waals surface area contributed by atoms with Crippen LogP contribution in [0.2, 0.25) is 0 Å². The summed E-state index contributed by atoms with van der Waals surface area (Å²) in [4.78, 5) is 0. The number of hydrogen-bond acceptors (Lipinski definition) is 12. The highest BCUT2D eigenvalue weighted by Crippen LogP contribution is 2.40. The SMILES string of the molecule is COc1cc(C[C@H](CO)[C@@H](CO[C@@H]2O[C@@H](C)[C@H](O)[C@@H](O)[C@H]2O)Cc2cc(OC)c(O)c(OC)c2)cc(OC)c1O. The smallest absolute Gasteiger partial charge is 0.200 e. The lowest BCUT2D eigenvalue weighted by atomic mass is 9.83. The van der Waals surface area contributed by atoms with Crippen LogP contribution in [0.4, 0.5) is 0 Å². The number of aliphatic hydroxyl groups is 4. The lowest BCUT2D eigenvalue weighted by molar-refractivity contribution is -0.296. The van der Waals surface area contributed by atoms with Crippen molar-refractivity contribution in [3.05, 3.63) is 35.4 Å². The van der Waals surface area contributed by atoms with E-state index in [1.165, 1.54) is 28.4 Å². The van der Waals surface area contributed by atoms with E-state index in [-0.39, 0.29) is 47.7 Å². The molecule has 7 atom stereocenters. The molecule has 0 bridgehead atoms. The lowest BCUT2D eigenvalue weighted by Crippen LogP contribution is -2.57. The minimum atomic E-state index is -1.49. The number of aliphatic hydroxyl groups excluding tert-OH is 4. The number of benzene rings is 2. The molecule has 0 radical (unpaired) electrons. The van der Waals surface area contributed by atoms with Crippen LogP contribution in [0, 0.1) is 11.8 Å². The van der Waals surface area contributed by atoms with Crippen molar-refractivity contribution < 1.29 is 59.1 Å². The molecule has 0 amide bonds. The molecule has 1 saturated heterocycles. The number of ether oxygens (including phenoxy) is 6. The van der Waals surface area contributed by atoms with Gasteiger partial charge in [-0.15, -0.1) is 0 Å².